The number of aromatic nitrogens is 5. The number of nitrogens with zero attached hydrogens (tertiary/aromatic N) is 8. The van der Waals surface area contributed by atoms with Crippen molar-refractivity contribution >= 4 is 43.6 Å². The lowest BCUT2D eigenvalue weighted by Crippen LogP contribution is -2.06. The van der Waals surface area contributed by atoms with E-state index in [4.69, 9.17) is 15.0 Å². The van der Waals surface area contributed by atoms with E-state index in [-0.39, 0.29) is 0 Å². The maximum Gasteiger partial charge on any atom is 0.166 e. The second kappa shape index (κ2) is 24.6. The van der Waals surface area contributed by atoms with Crippen LogP contribution < -0.4 is 0 Å². The van der Waals surface area contributed by atoms with Crippen molar-refractivity contribution in [1.29, 1.82) is 15.8 Å². The number of hydrogen-bond acceptors (Lipinski definition) is 6. The molecule has 98 heavy (non-hydrogen) atoms. The summed E-state index contributed by atoms with van der Waals surface area (Å²) in [4.78, 5) is 17.1. The van der Waals surface area contributed by atoms with Crippen molar-refractivity contribution in [2.45, 2.75) is 0 Å². The molecule has 0 bridgehead atoms. The van der Waals surface area contributed by atoms with Crippen LogP contribution in [-0.2, 0) is 0 Å². The Morgan fingerprint density at radius 2 is 0.500 bits per heavy atom. The van der Waals surface area contributed by atoms with E-state index < -0.39 is 0 Å². The van der Waals surface area contributed by atoms with Crippen molar-refractivity contribution in [3.63, 3.8) is 0 Å². The van der Waals surface area contributed by atoms with Crippen LogP contribution >= 0.6 is 0 Å². The van der Waals surface area contributed by atoms with Crippen molar-refractivity contribution < 1.29 is 0 Å². The highest BCUT2D eigenvalue weighted by Crippen LogP contribution is 2.45. The number of hydrogen-bond donors (Lipinski definition) is 0. The minimum atomic E-state index is 0.389. The van der Waals surface area contributed by atoms with E-state index >= 15 is 0 Å². The second-order valence-electron chi connectivity index (χ2n) is 24.4. The van der Waals surface area contributed by atoms with Gasteiger partial charge in [-0.15, -0.1) is 0 Å². The molecule has 0 aliphatic rings. The quantitative estimate of drug-likeness (QED) is 0.120. The van der Waals surface area contributed by atoms with Gasteiger partial charge in [0.15, 0.2) is 17.5 Å². The highest BCUT2D eigenvalue weighted by molar-refractivity contribution is 6.14. The molecule has 0 amide bonds. The number of rotatable bonds is 12. The second-order valence-corrected chi connectivity index (χ2v) is 24.4. The van der Waals surface area contributed by atoms with Crippen molar-refractivity contribution in [3.05, 3.63) is 344 Å². The van der Waals surface area contributed by atoms with E-state index in [1.165, 1.54) is 0 Å². The first-order valence-electron chi connectivity index (χ1n) is 32.5. The van der Waals surface area contributed by atoms with Gasteiger partial charge in [-0.1, -0.05) is 231 Å². The minimum Gasteiger partial charge on any atom is -0.308 e. The molecule has 0 aliphatic heterocycles. The fraction of sp³-hybridized carbons (Fsp3) is 0. The predicted octanol–water partition coefficient (Wildman–Crippen LogP) is 22.4. The first-order valence-corrected chi connectivity index (χ1v) is 32.5. The summed E-state index contributed by atoms with van der Waals surface area (Å²) in [6.07, 6.45) is 0. The molecule has 0 N–H and O–H groups in total. The van der Waals surface area contributed by atoms with Crippen LogP contribution in [0.25, 0.3) is 167 Å². The van der Waals surface area contributed by atoms with Crippen molar-refractivity contribution in [3.8, 4) is 142 Å². The van der Waals surface area contributed by atoms with Crippen LogP contribution in [0.2, 0.25) is 0 Å². The maximum atomic E-state index is 10.7. The Kier molecular flexibility index (Phi) is 14.5. The van der Waals surface area contributed by atoms with Crippen LogP contribution in [0.5, 0.6) is 0 Å². The Morgan fingerprint density at radius 3 is 0.847 bits per heavy atom. The van der Waals surface area contributed by atoms with Gasteiger partial charge in [0.1, 0.15) is 0 Å². The smallest absolute Gasteiger partial charge is 0.166 e. The number of nitriles is 3. The highest BCUT2D eigenvalue weighted by Gasteiger charge is 2.26. The van der Waals surface area contributed by atoms with Crippen molar-refractivity contribution in [2.24, 2.45) is 0 Å². The zero-order valence-corrected chi connectivity index (χ0v) is 52.8. The Labute approximate surface area is 566 Å². The average Bonchev–Trinajstić information content (AvgIpc) is 1.52. The lowest BCUT2D eigenvalue weighted by molar-refractivity contribution is 1.06. The van der Waals surface area contributed by atoms with Gasteiger partial charge < -0.3 is 9.13 Å². The first-order chi connectivity index (χ1) is 48.4. The summed E-state index contributed by atoms with van der Waals surface area (Å²) in [6, 6.07) is 120. The standard InChI is InChI=1S/C90H54N8/c91-55-58-29-31-63(32-30-58)64-33-35-65(36-34-64)88-94-89(80-53-70(74-27-15-13-25-72(74)56-92)41-47-86(80)97-82-43-37-66(59-17-5-1-6-18-59)49-76(82)77-50-67(38-44-83(77)97)60-19-7-2-8-20-60)96-90(95-88)81-54-71(75-28-16-14-26-73(75)57-93)42-48-87(81)98-84-45-39-68(61-21-9-3-10-22-61)51-78(84)79-52-69(40-46-85(79)98)62-23-11-4-12-24-62/h1-54H. The zero-order valence-electron chi connectivity index (χ0n) is 52.8. The van der Waals surface area contributed by atoms with E-state index in [2.05, 4.69) is 246 Å². The lowest BCUT2D eigenvalue weighted by atomic mass is 9.96. The normalized spacial score (nSPS) is 11.2. The molecule has 454 valence electrons. The molecule has 17 rings (SSSR count). The molecule has 0 fully saturated rings. The maximum absolute atomic E-state index is 10.7. The molecular weight excluding hydrogens is 1190 g/mol. The Hall–Kier alpha value is -13.8. The molecule has 17 aromatic rings. The fourth-order valence-corrected chi connectivity index (χ4v) is 13.9. The van der Waals surface area contributed by atoms with E-state index in [0.29, 0.717) is 45.3 Å². The molecule has 0 saturated carbocycles. The van der Waals surface area contributed by atoms with E-state index in [9.17, 15) is 15.8 Å². The third-order valence-electron chi connectivity index (χ3n) is 18.8. The third kappa shape index (κ3) is 10.4. The first kappa shape index (κ1) is 58.0. The van der Waals surface area contributed by atoms with Crippen LogP contribution in [0.1, 0.15) is 16.7 Å². The van der Waals surface area contributed by atoms with Crippen molar-refractivity contribution in [1.82, 2.24) is 24.1 Å². The van der Waals surface area contributed by atoms with Crippen LogP contribution in [0, 0.1) is 34.0 Å². The van der Waals surface area contributed by atoms with Gasteiger partial charge in [-0.05, 0) is 175 Å². The summed E-state index contributed by atoms with van der Waals surface area (Å²) in [5.41, 5.74) is 23.2. The fourth-order valence-electron chi connectivity index (χ4n) is 13.9. The van der Waals surface area contributed by atoms with Crippen LogP contribution in [0.15, 0.2) is 328 Å². The SMILES string of the molecule is N#Cc1ccc(-c2ccc(-c3nc(-c4cc(-c5ccccc5C#N)ccc4-n4c5ccc(-c6ccccc6)cc5c5cc(-c6ccccc6)ccc54)nc(-c4cc(-c5ccccc5C#N)ccc4-n4c5ccc(-c6ccccc6)cc5c5cc(-c6ccccc6)ccc54)n3)cc2)cc1. The predicted molar refractivity (Wildman–Crippen MR) is 397 cm³/mol. The Bertz CT molecular complexity index is 5590. The third-order valence-corrected chi connectivity index (χ3v) is 18.8. The topological polar surface area (TPSA) is 120 Å². The van der Waals surface area contributed by atoms with Gasteiger partial charge in [-0.2, -0.15) is 15.8 Å². The van der Waals surface area contributed by atoms with Gasteiger partial charge in [0.2, 0.25) is 0 Å². The summed E-state index contributed by atoms with van der Waals surface area (Å²) < 4.78 is 4.66. The Balaban J connectivity index is 0.966. The molecule has 0 radical (unpaired) electrons. The van der Waals surface area contributed by atoms with Crippen molar-refractivity contribution in [2.75, 3.05) is 0 Å². The molecule has 0 spiro atoms. The molecule has 8 nitrogen and oxygen atoms in total. The summed E-state index contributed by atoms with van der Waals surface area (Å²) in [7, 11) is 0. The summed E-state index contributed by atoms with van der Waals surface area (Å²) in [5, 5.41) is 35.5. The molecule has 0 atom stereocenters. The summed E-state index contributed by atoms with van der Waals surface area (Å²) >= 11 is 0. The molecule has 0 aliphatic carbocycles. The minimum absolute atomic E-state index is 0.389. The van der Waals surface area contributed by atoms with Gasteiger partial charge in [-0.25, -0.2) is 15.0 Å². The van der Waals surface area contributed by atoms with E-state index in [1.54, 1.807) is 0 Å². The van der Waals surface area contributed by atoms with Gasteiger partial charge in [0.25, 0.3) is 0 Å². The number of fused-ring (bicyclic) bond motifs is 6. The van der Waals surface area contributed by atoms with Gasteiger partial charge in [0, 0.05) is 38.2 Å². The molecule has 8 heteroatoms. The van der Waals surface area contributed by atoms with Crippen LogP contribution in [0.3, 0.4) is 0 Å². The van der Waals surface area contributed by atoms with Gasteiger partial charge >= 0.3 is 0 Å². The summed E-state index contributed by atoms with van der Waals surface area (Å²) in [6.45, 7) is 0. The van der Waals surface area contributed by atoms with Crippen LogP contribution in [-0.4, -0.2) is 24.1 Å². The highest BCUT2D eigenvalue weighted by atomic mass is 15.1. The van der Waals surface area contributed by atoms with E-state index in [1.807, 2.05) is 109 Å². The molecule has 14 aromatic carbocycles. The molecule has 0 saturated heterocycles. The van der Waals surface area contributed by atoms with Gasteiger partial charge in [0.05, 0.1) is 68.3 Å². The molecule has 3 aromatic heterocycles. The molecular formula is C90H54N8. The van der Waals surface area contributed by atoms with Crippen LogP contribution in [0.4, 0.5) is 0 Å². The lowest BCUT2D eigenvalue weighted by Gasteiger charge is -2.19. The average molecular weight is 1250 g/mol. The van der Waals surface area contributed by atoms with E-state index in [0.717, 1.165) is 138 Å². The molecule has 0 unspecified atom stereocenters. The number of benzene rings is 14. The molecule has 3 heterocycles. The monoisotopic (exact) mass is 1250 g/mol. The zero-order chi connectivity index (χ0) is 65.6. The van der Waals surface area contributed by atoms with Gasteiger partial charge in [-0.3, -0.25) is 0 Å². The Morgan fingerprint density at radius 1 is 0.214 bits per heavy atom. The largest absolute Gasteiger partial charge is 0.308 e. The summed E-state index contributed by atoms with van der Waals surface area (Å²) in [5.74, 6) is 1.20.